The monoisotopic (exact) mass is 265 g/mol. The Morgan fingerprint density at radius 2 is 1.89 bits per heavy atom. The summed E-state index contributed by atoms with van der Waals surface area (Å²) in [7, 11) is 3.25. The molecule has 2 N–H and O–H groups in total. The van der Waals surface area contributed by atoms with Crippen molar-refractivity contribution in [2.24, 2.45) is 5.92 Å². The summed E-state index contributed by atoms with van der Waals surface area (Å²) in [6, 6.07) is 5.65. The molecule has 0 aromatic heterocycles. The average Bonchev–Trinajstić information content (AvgIpc) is 2.47. The van der Waals surface area contributed by atoms with Crippen LogP contribution in [0.3, 0.4) is 0 Å². The Hall–Kier alpha value is -1.26. The van der Waals surface area contributed by atoms with Crippen LogP contribution in [0.25, 0.3) is 0 Å². The zero-order valence-corrected chi connectivity index (χ0v) is 11.9. The van der Waals surface area contributed by atoms with Gasteiger partial charge in [0.05, 0.1) is 19.8 Å². The average molecular weight is 265 g/mol. The van der Waals surface area contributed by atoms with Gasteiger partial charge in [-0.2, -0.15) is 0 Å². The fourth-order valence-corrected chi connectivity index (χ4v) is 2.85. The van der Waals surface area contributed by atoms with Crippen LogP contribution in [-0.2, 0) is 5.60 Å². The normalized spacial score (nSPS) is 27.1. The maximum atomic E-state index is 11.1. The Labute approximate surface area is 114 Å². The van der Waals surface area contributed by atoms with Gasteiger partial charge in [-0.15, -0.1) is 0 Å². The van der Waals surface area contributed by atoms with E-state index < -0.39 is 5.60 Å². The molecule has 2 atom stereocenters. The van der Waals surface area contributed by atoms with Crippen molar-refractivity contribution in [3.8, 4) is 11.5 Å². The Morgan fingerprint density at radius 3 is 2.42 bits per heavy atom. The highest BCUT2D eigenvalue weighted by Crippen LogP contribution is 2.39. The van der Waals surface area contributed by atoms with Crippen molar-refractivity contribution >= 4 is 0 Å². The molecule has 1 aromatic carbocycles. The summed E-state index contributed by atoms with van der Waals surface area (Å²) in [5.41, 5.74) is 0.0824. The highest BCUT2D eigenvalue weighted by Gasteiger charge is 2.39. The maximum absolute atomic E-state index is 11.1. The summed E-state index contributed by atoms with van der Waals surface area (Å²) in [6.07, 6.45) is 1.64. The summed E-state index contributed by atoms with van der Waals surface area (Å²) in [5.74, 6) is 1.64. The molecule has 1 heterocycles. The SMILES string of the molecule is CCC1CNCCC1(O)c1cc(OC)cc(OC)c1. The summed E-state index contributed by atoms with van der Waals surface area (Å²) in [5, 5.41) is 14.4. The third kappa shape index (κ3) is 2.69. The number of nitrogens with one attached hydrogen (secondary N) is 1. The van der Waals surface area contributed by atoms with Crippen molar-refractivity contribution in [1.29, 1.82) is 0 Å². The van der Waals surface area contributed by atoms with E-state index in [9.17, 15) is 5.11 Å². The van der Waals surface area contributed by atoms with Gasteiger partial charge in [0.15, 0.2) is 0 Å². The molecule has 1 aliphatic rings. The van der Waals surface area contributed by atoms with Crippen LogP contribution in [0.15, 0.2) is 18.2 Å². The number of piperidine rings is 1. The Bertz CT molecular complexity index is 413. The van der Waals surface area contributed by atoms with Gasteiger partial charge in [-0.25, -0.2) is 0 Å². The highest BCUT2D eigenvalue weighted by molar-refractivity contribution is 5.41. The lowest BCUT2D eigenvalue weighted by atomic mass is 9.75. The standard InChI is InChI=1S/C15H23NO3/c1-4-11-10-16-6-5-15(11,17)12-7-13(18-2)9-14(8-12)19-3/h7-9,11,16-17H,4-6,10H2,1-3H3. The molecular weight excluding hydrogens is 242 g/mol. The second-order valence-electron chi connectivity index (χ2n) is 5.08. The van der Waals surface area contributed by atoms with Gasteiger partial charge >= 0.3 is 0 Å². The van der Waals surface area contributed by atoms with Gasteiger partial charge in [0.1, 0.15) is 11.5 Å². The highest BCUT2D eigenvalue weighted by atomic mass is 16.5. The van der Waals surface area contributed by atoms with Crippen LogP contribution in [0.1, 0.15) is 25.3 Å². The molecule has 0 amide bonds. The number of rotatable bonds is 4. The molecule has 19 heavy (non-hydrogen) atoms. The number of methoxy groups -OCH3 is 2. The van der Waals surface area contributed by atoms with Crippen LogP contribution in [0.4, 0.5) is 0 Å². The molecule has 2 unspecified atom stereocenters. The molecule has 4 heteroatoms. The smallest absolute Gasteiger partial charge is 0.122 e. The molecule has 0 aliphatic carbocycles. The van der Waals surface area contributed by atoms with Crippen LogP contribution in [0.5, 0.6) is 11.5 Å². The van der Waals surface area contributed by atoms with Crippen LogP contribution in [0.2, 0.25) is 0 Å². The fourth-order valence-electron chi connectivity index (χ4n) is 2.85. The minimum absolute atomic E-state index is 0.207. The van der Waals surface area contributed by atoms with Crippen LogP contribution < -0.4 is 14.8 Å². The van der Waals surface area contributed by atoms with E-state index in [1.807, 2.05) is 18.2 Å². The van der Waals surface area contributed by atoms with Gasteiger partial charge in [-0.1, -0.05) is 6.92 Å². The summed E-state index contributed by atoms with van der Waals surface area (Å²) in [6.45, 7) is 3.78. The molecule has 1 saturated heterocycles. The molecule has 4 nitrogen and oxygen atoms in total. The Balaban J connectivity index is 2.42. The first-order valence-electron chi connectivity index (χ1n) is 6.80. The lowest BCUT2D eigenvalue weighted by molar-refractivity contribution is -0.0481. The van der Waals surface area contributed by atoms with Crippen LogP contribution in [-0.4, -0.2) is 32.4 Å². The van der Waals surface area contributed by atoms with Crippen molar-refractivity contribution in [3.05, 3.63) is 23.8 Å². The lowest BCUT2D eigenvalue weighted by Crippen LogP contribution is -2.47. The molecular formula is C15H23NO3. The molecule has 0 radical (unpaired) electrons. The molecule has 2 rings (SSSR count). The maximum Gasteiger partial charge on any atom is 0.122 e. The van der Waals surface area contributed by atoms with E-state index in [4.69, 9.17) is 9.47 Å². The van der Waals surface area contributed by atoms with Crippen molar-refractivity contribution in [2.45, 2.75) is 25.4 Å². The van der Waals surface area contributed by atoms with Gasteiger partial charge in [-0.05, 0) is 37.1 Å². The molecule has 1 aromatic rings. The summed E-state index contributed by atoms with van der Waals surface area (Å²) in [4.78, 5) is 0. The van der Waals surface area contributed by atoms with E-state index in [0.29, 0.717) is 6.42 Å². The zero-order valence-electron chi connectivity index (χ0n) is 11.9. The minimum Gasteiger partial charge on any atom is -0.497 e. The lowest BCUT2D eigenvalue weighted by Gasteiger charge is -2.40. The molecule has 1 fully saturated rings. The third-order valence-corrected chi connectivity index (χ3v) is 4.09. The Morgan fingerprint density at radius 1 is 1.26 bits per heavy atom. The predicted molar refractivity (Wildman–Crippen MR) is 74.7 cm³/mol. The molecule has 0 spiro atoms. The second-order valence-corrected chi connectivity index (χ2v) is 5.08. The van der Waals surface area contributed by atoms with Gasteiger partial charge in [0.2, 0.25) is 0 Å². The molecule has 0 saturated carbocycles. The topological polar surface area (TPSA) is 50.7 Å². The largest absolute Gasteiger partial charge is 0.497 e. The summed E-state index contributed by atoms with van der Waals surface area (Å²) >= 11 is 0. The predicted octanol–water partition coefficient (Wildman–Crippen LogP) is 1.91. The van der Waals surface area contributed by atoms with E-state index >= 15 is 0 Å². The van der Waals surface area contributed by atoms with E-state index in [1.165, 1.54) is 0 Å². The number of aliphatic hydroxyl groups is 1. The number of hydrogen-bond donors (Lipinski definition) is 2. The molecule has 0 bridgehead atoms. The van der Waals surface area contributed by atoms with Gasteiger partial charge < -0.3 is 19.9 Å². The van der Waals surface area contributed by atoms with Gasteiger partial charge in [0, 0.05) is 18.5 Å². The number of benzene rings is 1. The van der Waals surface area contributed by atoms with E-state index in [2.05, 4.69) is 12.2 Å². The number of ether oxygens (including phenoxy) is 2. The third-order valence-electron chi connectivity index (χ3n) is 4.09. The van der Waals surface area contributed by atoms with Crippen LogP contribution in [0, 0.1) is 5.92 Å². The van der Waals surface area contributed by atoms with E-state index in [1.54, 1.807) is 14.2 Å². The summed E-state index contributed by atoms with van der Waals surface area (Å²) < 4.78 is 10.6. The molecule has 106 valence electrons. The van der Waals surface area contributed by atoms with Gasteiger partial charge in [0.25, 0.3) is 0 Å². The quantitative estimate of drug-likeness (QED) is 0.873. The van der Waals surface area contributed by atoms with Crippen molar-refractivity contribution in [3.63, 3.8) is 0 Å². The Kier molecular flexibility index (Phi) is 4.32. The van der Waals surface area contributed by atoms with Crippen molar-refractivity contribution in [2.75, 3.05) is 27.3 Å². The van der Waals surface area contributed by atoms with E-state index in [-0.39, 0.29) is 5.92 Å². The first-order chi connectivity index (χ1) is 9.13. The van der Waals surface area contributed by atoms with E-state index in [0.717, 1.165) is 36.6 Å². The zero-order chi connectivity index (χ0) is 13.9. The first-order valence-corrected chi connectivity index (χ1v) is 6.80. The second kappa shape index (κ2) is 5.80. The van der Waals surface area contributed by atoms with Crippen LogP contribution >= 0.6 is 0 Å². The minimum atomic E-state index is -0.804. The fraction of sp³-hybridized carbons (Fsp3) is 0.600. The van der Waals surface area contributed by atoms with Gasteiger partial charge in [-0.3, -0.25) is 0 Å². The van der Waals surface area contributed by atoms with Crippen molar-refractivity contribution in [1.82, 2.24) is 5.32 Å². The first kappa shape index (κ1) is 14.2. The molecule has 1 aliphatic heterocycles. The number of hydrogen-bond acceptors (Lipinski definition) is 4. The van der Waals surface area contributed by atoms with Crippen molar-refractivity contribution < 1.29 is 14.6 Å².